The minimum atomic E-state index is -0.0933. The fourth-order valence-corrected chi connectivity index (χ4v) is 3.99. The van der Waals surface area contributed by atoms with Gasteiger partial charge in [-0.15, -0.1) is 0 Å². The highest BCUT2D eigenvalue weighted by atomic mass is 16.3. The maximum atomic E-state index is 12.7. The van der Waals surface area contributed by atoms with Gasteiger partial charge in [-0.25, -0.2) is 0 Å². The van der Waals surface area contributed by atoms with Crippen LogP contribution in [0.1, 0.15) is 50.3 Å². The Morgan fingerprint density at radius 2 is 1.71 bits per heavy atom. The molecule has 0 unspecified atom stereocenters. The molecular weight excluding hydrogens is 348 g/mol. The highest BCUT2D eigenvalue weighted by Gasteiger charge is 2.27. The molecule has 2 atom stereocenters. The number of carbonyl (C=O) groups excluding carboxylic acids is 1. The number of hydrogen-bond acceptors (Lipinski definition) is 3. The average Bonchev–Trinajstić information content (AvgIpc) is 2.73. The van der Waals surface area contributed by atoms with Gasteiger partial charge in [0, 0.05) is 0 Å². The fourth-order valence-electron chi connectivity index (χ4n) is 3.99. The van der Waals surface area contributed by atoms with Crippen LogP contribution in [0.25, 0.3) is 0 Å². The van der Waals surface area contributed by atoms with E-state index in [0.29, 0.717) is 11.7 Å². The first-order valence-corrected chi connectivity index (χ1v) is 10.4. The van der Waals surface area contributed by atoms with Gasteiger partial charge in [-0.3, -0.25) is 9.69 Å². The van der Waals surface area contributed by atoms with Crippen molar-refractivity contribution >= 4 is 5.91 Å². The first kappa shape index (κ1) is 20.4. The number of phenols is 1. The van der Waals surface area contributed by atoms with Gasteiger partial charge in [0.05, 0.1) is 12.1 Å². The zero-order valence-electron chi connectivity index (χ0n) is 17.0. The topological polar surface area (TPSA) is 52.6 Å². The molecule has 0 bridgehead atoms. The van der Waals surface area contributed by atoms with E-state index in [0.717, 1.165) is 37.9 Å². The quantitative estimate of drug-likeness (QED) is 0.753. The Morgan fingerprint density at radius 1 is 1.07 bits per heavy atom. The second-order valence-corrected chi connectivity index (χ2v) is 8.00. The van der Waals surface area contributed by atoms with Gasteiger partial charge < -0.3 is 10.4 Å². The summed E-state index contributed by atoms with van der Waals surface area (Å²) < 4.78 is 0. The average molecular weight is 381 g/mol. The zero-order valence-corrected chi connectivity index (χ0v) is 17.0. The lowest BCUT2D eigenvalue weighted by atomic mass is 9.90. The number of phenolic OH excluding ortho intramolecular Hbond substituents is 1. The Hall–Kier alpha value is -2.33. The predicted octanol–water partition coefficient (Wildman–Crippen LogP) is 4.30. The van der Waals surface area contributed by atoms with E-state index in [4.69, 9.17) is 0 Å². The Morgan fingerprint density at radius 3 is 2.36 bits per heavy atom. The van der Waals surface area contributed by atoms with Gasteiger partial charge in [0.2, 0.25) is 5.91 Å². The predicted molar refractivity (Wildman–Crippen MR) is 113 cm³/mol. The molecule has 0 aromatic heterocycles. The molecule has 4 heteroatoms. The van der Waals surface area contributed by atoms with E-state index in [1.807, 2.05) is 44.2 Å². The van der Waals surface area contributed by atoms with Crippen molar-refractivity contribution in [2.45, 2.75) is 51.6 Å². The number of carbonyl (C=O) groups is 1. The second-order valence-electron chi connectivity index (χ2n) is 8.00. The summed E-state index contributed by atoms with van der Waals surface area (Å²) in [5.41, 5.74) is 2.42. The van der Waals surface area contributed by atoms with Gasteiger partial charge in [-0.05, 0) is 81.8 Å². The van der Waals surface area contributed by atoms with Crippen molar-refractivity contribution in [1.82, 2.24) is 10.2 Å². The molecule has 150 valence electrons. The van der Waals surface area contributed by atoms with Crippen LogP contribution in [0.5, 0.6) is 5.75 Å². The third-order valence-electron chi connectivity index (χ3n) is 6.01. The van der Waals surface area contributed by atoms with Gasteiger partial charge in [-0.1, -0.05) is 42.5 Å². The molecule has 3 rings (SSSR count). The van der Waals surface area contributed by atoms with Gasteiger partial charge in [0.1, 0.15) is 5.75 Å². The van der Waals surface area contributed by atoms with Crippen LogP contribution in [0.4, 0.5) is 0 Å². The molecule has 2 N–H and O–H groups in total. The van der Waals surface area contributed by atoms with Crippen LogP contribution < -0.4 is 5.32 Å². The number of piperidine rings is 1. The van der Waals surface area contributed by atoms with Crippen molar-refractivity contribution in [3.8, 4) is 5.75 Å². The highest BCUT2D eigenvalue weighted by molar-refractivity contribution is 5.81. The van der Waals surface area contributed by atoms with Crippen LogP contribution in [-0.2, 0) is 11.2 Å². The zero-order chi connectivity index (χ0) is 19.9. The number of benzene rings is 2. The van der Waals surface area contributed by atoms with Crippen LogP contribution >= 0.6 is 0 Å². The van der Waals surface area contributed by atoms with Gasteiger partial charge in [0.25, 0.3) is 0 Å². The Kier molecular flexibility index (Phi) is 7.10. The number of likely N-dealkylation sites (tertiary alicyclic amines) is 1. The first-order valence-electron chi connectivity index (χ1n) is 10.4. The number of nitrogens with zero attached hydrogens (tertiary/aromatic N) is 1. The number of nitrogens with one attached hydrogen (secondary N) is 1. The van der Waals surface area contributed by atoms with Crippen LogP contribution in [0.2, 0.25) is 0 Å². The molecule has 28 heavy (non-hydrogen) atoms. The first-order chi connectivity index (χ1) is 13.5. The molecule has 0 spiro atoms. The van der Waals surface area contributed by atoms with E-state index in [2.05, 4.69) is 22.3 Å². The van der Waals surface area contributed by atoms with Crippen LogP contribution in [0.3, 0.4) is 0 Å². The smallest absolute Gasteiger partial charge is 0.237 e. The van der Waals surface area contributed by atoms with Crippen molar-refractivity contribution < 1.29 is 9.90 Å². The standard InChI is InChI=1S/C24H32N2O2/c1-18(22-6-4-3-5-7-22)25-24(28)19(2)26-16-14-21(15-17-26)9-8-20-10-12-23(27)13-11-20/h3-7,10-13,18-19,21,27H,8-9,14-17H2,1-2H3,(H,25,28)/t18-,19+/m0/s1. The molecule has 1 heterocycles. The fraction of sp³-hybridized carbons (Fsp3) is 0.458. The maximum Gasteiger partial charge on any atom is 0.237 e. The van der Waals surface area contributed by atoms with E-state index in [-0.39, 0.29) is 18.0 Å². The van der Waals surface area contributed by atoms with E-state index >= 15 is 0 Å². The number of aryl methyl sites for hydroxylation is 1. The molecule has 2 aromatic rings. The van der Waals surface area contributed by atoms with Crippen molar-refractivity contribution in [3.05, 3.63) is 65.7 Å². The molecule has 4 nitrogen and oxygen atoms in total. The monoisotopic (exact) mass is 380 g/mol. The van der Waals surface area contributed by atoms with Crippen molar-refractivity contribution in [2.24, 2.45) is 5.92 Å². The normalized spacial score (nSPS) is 17.8. The Balaban J connectivity index is 1.42. The van der Waals surface area contributed by atoms with Gasteiger partial charge in [0.15, 0.2) is 0 Å². The van der Waals surface area contributed by atoms with E-state index in [1.54, 1.807) is 12.1 Å². The third-order valence-corrected chi connectivity index (χ3v) is 6.01. The summed E-state index contributed by atoms with van der Waals surface area (Å²) in [4.78, 5) is 15.0. The lowest BCUT2D eigenvalue weighted by Crippen LogP contribution is -2.48. The largest absolute Gasteiger partial charge is 0.508 e. The van der Waals surface area contributed by atoms with Crippen LogP contribution in [0.15, 0.2) is 54.6 Å². The SMILES string of the molecule is C[C@H](NC(=O)[C@@H](C)N1CCC(CCc2ccc(O)cc2)CC1)c1ccccc1. The minimum Gasteiger partial charge on any atom is -0.508 e. The Labute approximate surface area is 168 Å². The van der Waals surface area contributed by atoms with E-state index in [1.165, 1.54) is 12.0 Å². The van der Waals surface area contributed by atoms with Crippen molar-refractivity contribution in [1.29, 1.82) is 0 Å². The van der Waals surface area contributed by atoms with Gasteiger partial charge in [-0.2, -0.15) is 0 Å². The van der Waals surface area contributed by atoms with Crippen molar-refractivity contribution in [2.75, 3.05) is 13.1 Å². The molecule has 0 radical (unpaired) electrons. The molecule has 0 aliphatic carbocycles. The number of amides is 1. The summed E-state index contributed by atoms with van der Waals surface area (Å²) in [6.45, 7) is 6.02. The van der Waals surface area contributed by atoms with Crippen LogP contribution in [0, 0.1) is 5.92 Å². The molecule has 1 aliphatic heterocycles. The lowest BCUT2D eigenvalue weighted by molar-refractivity contribution is -0.127. The Bertz CT molecular complexity index is 737. The molecule has 0 saturated carbocycles. The number of hydrogen-bond donors (Lipinski definition) is 2. The van der Waals surface area contributed by atoms with E-state index < -0.39 is 0 Å². The summed E-state index contributed by atoms with van der Waals surface area (Å²) in [6.07, 6.45) is 4.51. The molecule has 2 aromatic carbocycles. The van der Waals surface area contributed by atoms with Crippen LogP contribution in [-0.4, -0.2) is 35.0 Å². The second kappa shape index (κ2) is 9.74. The summed E-state index contributed by atoms with van der Waals surface area (Å²) in [6, 6.07) is 17.6. The highest BCUT2D eigenvalue weighted by Crippen LogP contribution is 2.24. The molecular formula is C24H32N2O2. The third kappa shape index (κ3) is 5.59. The number of aromatic hydroxyl groups is 1. The summed E-state index contributed by atoms with van der Waals surface area (Å²) in [5, 5.41) is 12.5. The van der Waals surface area contributed by atoms with Crippen molar-refractivity contribution in [3.63, 3.8) is 0 Å². The molecule has 1 amide bonds. The maximum absolute atomic E-state index is 12.7. The summed E-state index contributed by atoms with van der Waals surface area (Å²) >= 11 is 0. The molecule has 1 aliphatic rings. The summed E-state index contributed by atoms with van der Waals surface area (Å²) in [7, 11) is 0. The minimum absolute atomic E-state index is 0.0269. The van der Waals surface area contributed by atoms with E-state index in [9.17, 15) is 9.90 Å². The molecule has 1 saturated heterocycles. The molecule has 1 fully saturated rings. The van der Waals surface area contributed by atoms with Gasteiger partial charge >= 0.3 is 0 Å². The summed E-state index contributed by atoms with van der Waals surface area (Å²) in [5.74, 6) is 1.15. The number of rotatable bonds is 7. The lowest BCUT2D eigenvalue weighted by Gasteiger charge is -2.35.